The summed E-state index contributed by atoms with van der Waals surface area (Å²) in [6.45, 7) is 37.5. The Labute approximate surface area is 227 Å². The Hall–Kier alpha value is -1.76. The number of hydrogen-bond donors (Lipinski definition) is 0. The minimum atomic E-state index is -0.00407. The Kier molecular flexibility index (Phi) is 61.4. The second-order valence-electron chi connectivity index (χ2n) is 7.30. The van der Waals surface area contributed by atoms with Crippen LogP contribution in [0.1, 0.15) is 84.6 Å². The summed E-state index contributed by atoms with van der Waals surface area (Å²) in [7, 11) is 0. The quantitative estimate of drug-likeness (QED) is 0.198. The van der Waals surface area contributed by atoms with Crippen LogP contribution in [0.15, 0.2) is 30.3 Å². The van der Waals surface area contributed by atoms with Gasteiger partial charge in [0.05, 0.1) is 26.2 Å². The molecule has 0 amide bonds. The van der Waals surface area contributed by atoms with Crippen molar-refractivity contribution in [2.24, 2.45) is 0 Å². The number of nitrogens with zero attached hydrogens (tertiary/aromatic N) is 1. The topological polar surface area (TPSA) is 123 Å². The zero-order chi connectivity index (χ0) is 29.7. The zero-order valence-corrected chi connectivity index (χ0v) is 23.5. The van der Waals surface area contributed by atoms with Gasteiger partial charge in [0.2, 0.25) is 0 Å². The van der Waals surface area contributed by atoms with Gasteiger partial charge in [-0.05, 0) is 25.7 Å². The Morgan fingerprint density at radius 2 is 0.861 bits per heavy atom. The predicted molar refractivity (Wildman–Crippen MR) is 130 cm³/mol. The van der Waals surface area contributed by atoms with Crippen molar-refractivity contribution in [2.75, 3.05) is 26.2 Å². The van der Waals surface area contributed by atoms with Crippen LogP contribution in [-0.4, -0.2) is 35.2 Å². The molecule has 0 atom stereocenters. The number of rotatable bonds is 13. The van der Waals surface area contributed by atoms with E-state index in [1.54, 1.807) is 12.1 Å². The van der Waals surface area contributed by atoms with Gasteiger partial charge >= 0.3 is 118 Å². The molecular weight excluding hydrogens is 498 g/mol. The molecule has 7 nitrogen and oxygen atoms in total. The molecule has 0 radical (unpaired) electrons. The first-order chi connectivity index (χ1) is 17.5. The molecule has 0 aliphatic rings. The van der Waals surface area contributed by atoms with Crippen molar-refractivity contribution in [1.82, 2.24) is 0 Å². The number of quaternary nitrogens is 1. The first kappa shape index (κ1) is 47.4. The molecule has 1 rings (SSSR count). The van der Waals surface area contributed by atoms with Crippen LogP contribution in [0.2, 0.25) is 0 Å². The summed E-state index contributed by atoms with van der Waals surface area (Å²) < 4.78 is 38.9. The molecule has 0 fully saturated rings. The molecule has 8 heteroatoms. The minimum absolute atomic E-state index is 0.00407. The van der Waals surface area contributed by atoms with E-state index < -0.39 is 0 Å². The monoisotopic (exact) mass is 539 g/mol. The van der Waals surface area contributed by atoms with Gasteiger partial charge in [0, 0.05) is 0 Å². The second-order valence-corrected chi connectivity index (χ2v) is 7.88. The Balaban J connectivity index is -0.0000000992. The maximum absolute atomic E-state index is 10.6. The van der Waals surface area contributed by atoms with Gasteiger partial charge in [0.25, 0.3) is 0 Å². The van der Waals surface area contributed by atoms with Gasteiger partial charge in [-0.1, -0.05) is 53.4 Å². The molecule has 36 heavy (non-hydrogen) atoms. The molecule has 0 spiro atoms. The van der Waals surface area contributed by atoms with Crippen LogP contribution >= 0.6 is 0 Å². The van der Waals surface area contributed by atoms with Gasteiger partial charge in [0.15, 0.2) is 0 Å². The summed E-state index contributed by atoms with van der Waals surface area (Å²) in [6.07, 6.45) is 11.1. The van der Waals surface area contributed by atoms with Gasteiger partial charge in [-0.15, -0.1) is 0 Å². The molecule has 0 aliphatic heterocycles. The number of hydrogen-bond acceptors (Lipinski definition) is 1. The van der Waals surface area contributed by atoms with Crippen LogP contribution in [0, 0.1) is 33.3 Å². The molecule has 0 bridgehead atoms. The van der Waals surface area contributed by atoms with E-state index in [0.29, 0.717) is 0 Å². The first-order valence-electron chi connectivity index (χ1n) is 11.7. The van der Waals surface area contributed by atoms with Crippen molar-refractivity contribution < 1.29 is 48.7 Å². The summed E-state index contributed by atoms with van der Waals surface area (Å²) >= 11 is 2.42. The molecule has 0 heterocycles. The fourth-order valence-corrected chi connectivity index (χ4v) is 3.43. The predicted octanol–water partition coefficient (Wildman–Crippen LogP) is 4.89. The molecule has 0 aromatic heterocycles. The number of unbranched alkanes of at least 4 members (excludes halogenated alkanes) is 4. The van der Waals surface area contributed by atoms with Gasteiger partial charge in [-0.25, -0.2) is 0 Å². The summed E-state index contributed by atoms with van der Waals surface area (Å²) in [5, 5.41) is 10.6. The van der Waals surface area contributed by atoms with Gasteiger partial charge < -0.3 is 4.48 Å². The van der Waals surface area contributed by atoms with Crippen LogP contribution in [0.4, 0.5) is 0 Å². The Bertz CT molecular complexity index is 581. The van der Waals surface area contributed by atoms with E-state index in [1.807, 2.05) is 18.2 Å². The molecule has 1 aromatic carbocycles. The SMILES string of the molecule is CCCC[N+](CCCC)(CCCC)CCCC.[C-]#[O+].[C-]#[O+].[C-]#[O+].[C-]#[O+].[C-]#[O+].[O-][C](=[Cr])c1ccccc1. The van der Waals surface area contributed by atoms with Crippen LogP contribution in [0.3, 0.4) is 0 Å². The van der Waals surface area contributed by atoms with E-state index in [0.717, 1.165) is 5.56 Å². The van der Waals surface area contributed by atoms with E-state index >= 15 is 0 Å². The third-order valence-electron chi connectivity index (χ3n) is 4.95. The summed E-state index contributed by atoms with van der Waals surface area (Å²) in [4.78, 5) is 0. The third-order valence-corrected chi connectivity index (χ3v) is 5.32. The molecule has 0 aliphatic carbocycles. The van der Waals surface area contributed by atoms with Crippen LogP contribution in [-0.2, 0) is 39.1 Å². The maximum atomic E-state index is 10.6. The van der Waals surface area contributed by atoms with Crippen LogP contribution in [0.25, 0.3) is 0 Å². The molecular formula is C28H41CrNO6. The summed E-state index contributed by atoms with van der Waals surface area (Å²) in [5.41, 5.74) is 0.720. The van der Waals surface area contributed by atoms with Crippen molar-refractivity contribution in [3.63, 3.8) is 0 Å². The summed E-state index contributed by atoms with van der Waals surface area (Å²) in [6, 6.07) is 9.11. The fourth-order valence-electron chi connectivity index (χ4n) is 3.22. The van der Waals surface area contributed by atoms with E-state index in [1.165, 1.54) is 82.0 Å². The van der Waals surface area contributed by atoms with Crippen molar-refractivity contribution >= 4 is 4.57 Å². The van der Waals surface area contributed by atoms with Crippen molar-refractivity contribution in [1.29, 1.82) is 0 Å². The third kappa shape index (κ3) is 34.4. The average molecular weight is 540 g/mol. The van der Waals surface area contributed by atoms with Crippen LogP contribution < -0.4 is 5.11 Å². The van der Waals surface area contributed by atoms with E-state index in [4.69, 9.17) is 23.3 Å². The average Bonchev–Trinajstić information content (AvgIpc) is 2.98. The van der Waals surface area contributed by atoms with Crippen LogP contribution in [0.5, 0.6) is 0 Å². The van der Waals surface area contributed by atoms with E-state index in [2.05, 4.69) is 76.8 Å². The molecule has 0 saturated carbocycles. The molecule has 0 saturated heterocycles. The van der Waals surface area contributed by atoms with Gasteiger partial charge in [-0.2, -0.15) is 0 Å². The number of benzene rings is 1. The van der Waals surface area contributed by atoms with E-state index in [-0.39, 0.29) is 4.57 Å². The molecule has 0 unspecified atom stereocenters. The molecule has 1 aromatic rings. The van der Waals surface area contributed by atoms with Gasteiger partial charge in [-0.3, -0.25) is 0 Å². The van der Waals surface area contributed by atoms with Crippen molar-refractivity contribution in [3.05, 3.63) is 69.1 Å². The van der Waals surface area contributed by atoms with E-state index in [9.17, 15) is 5.11 Å². The second kappa shape index (κ2) is 46.6. The summed E-state index contributed by atoms with van der Waals surface area (Å²) in [5.74, 6) is 0. The van der Waals surface area contributed by atoms with Crippen molar-refractivity contribution in [2.45, 2.75) is 79.1 Å². The fraction of sp³-hybridized carbons (Fsp3) is 0.571. The Morgan fingerprint density at radius 1 is 0.611 bits per heavy atom. The molecule has 200 valence electrons. The zero-order valence-electron chi connectivity index (χ0n) is 22.2. The first-order valence-corrected chi connectivity index (χ1v) is 12.3. The van der Waals surface area contributed by atoms with Crippen molar-refractivity contribution in [3.8, 4) is 0 Å². The molecule has 0 N–H and O–H groups in total. The van der Waals surface area contributed by atoms with Gasteiger partial charge in [0.1, 0.15) is 0 Å². The standard InChI is InChI=1S/C16H36N.C7H5O.5CO.Cr/c1-5-9-13-17(14-10-6-2,15-11-7-3)16-12-8-4;8-6-7-4-2-1-3-5-7;5*1-2;/h5-16H2,1-4H3;1-5H;;;;;;/q+1;-1;;;;;;. The Morgan fingerprint density at radius 3 is 1.03 bits per heavy atom. The normalized spacial score (nSPS) is 8.19.